The minimum absolute atomic E-state index is 0.786. The van der Waals surface area contributed by atoms with Gasteiger partial charge in [0.25, 0.3) is 0 Å². The van der Waals surface area contributed by atoms with Crippen molar-refractivity contribution in [2.24, 2.45) is 0 Å². The Kier molecular flexibility index (Phi) is 2.62. The molecule has 0 atom stereocenters. The lowest BCUT2D eigenvalue weighted by Crippen LogP contribution is -2.19. The molecular formula is C13H15ClN2. The molecule has 1 saturated carbocycles. The van der Waals surface area contributed by atoms with Crippen LogP contribution in [0.25, 0.3) is 10.9 Å². The molecule has 0 aliphatic heterocycles. The molecule has 1 fully saturated rings. The first-order valence-corrected chi connectivity index (χ1v) is 6.19. The van der Waals surface area contributed by atoms with Crippen LogP contribution in [-0.2, 0) is 6.42 Å². The van der Waals surface area contributed by atoms with E-state index in [-0.39, 0.29) is 0 Å². The Bertz CT molecular complexity index is 500. The van der Waals surface area contributed by atoms with Crippen LogP contribution in [0.15, 0.2) is 24.4 Å². The minimum Gasteiger partial charge on any atom is -0.361 e. The molecule has 2 nitrogen and oxygen atoms in total. The van der Waals surface area contributed by atoms with Crippen LogP contribution in [-0.4, -0.2) is 17.6 Å². The molecule has 0 bridgehead atoms. The van der Waals surface area contributed by atoms with Crippen LogP contribution in [0, 0.1) is 0 Å². The monoisotopic (exact) mass is 234 g/mol. The molecule has 1 aromatic heterocycles. The molecule has 0 radical (unpaired) electrons. The SMILES string of the molecule is Clc1ccc2[nH]cc(CCNC3CC3)c2c1. The van der Waals surface area contributed by atoms with Crippen LogP contribution < -0.4 is 5.32 Å². The standard InChI is InChI=1S/C13H15ClN2/c14-10-1-4-13-12(7-10)9(8-16-13)5-6-15-11-2-3-11/h1,4,7-8,11,15-16H,2-3,5-6H2. The topological polar surface area (TPSA) is 27.8 Å². The van der Waals surface area contributed by atoms with Gasteiger partial charge in [0.05, 0.1) is 0 Å². The molecule has 1 aliphatic rings. The number of rotatable bonds is 4. The fourth-order valence-corrected chi connectivity index (χ4v) is 2.23. The smallest absolute Gasteiger partial charge is 0.0457 e. The predicted molar refractivity (Wildman–Crippen MR) is 68.0 cm³/mol. The Balaban J connectivity index is 1.76. The van der Waals surface area contributed by atoms with Crippen molar-refractivity contribution in [2.75, 3.05) is 6.54 Å². The number of aromatic nitrogens is 1. The van der Waals surface area contributed by atoms with E-state index >= 15 is 0 Å². The quantitative estimate of drug-likeness (QED) is 0.836. The number of halogens is 1. The number of hydrogen-bond acceptors (Lipinski definition) is 1. The molecular weight excluding hydrogens is 220 g/mol. The van der Waals surface area contributed by atoms with Gasteiger partial charge in [-0.2, -0.15) is 0 Å². The normalized spacial score (nSPS) is 15.8. The highest BCUT2D eigenvalue weighted by molar-refractivity contribution is 6.31. The number of hydrogen-bond donors (Lipinski definition) is 2. The summed E-state index contributed by atoms with van der Waals surface area (Å²) in [7, 11) is 0. The Labute approximate surface area is 100.0 Å². The van der Waals surface area contributed by atoms with E-state index in [1.165, 1.54) is 29.3 Å². The van der Waals surface area contributed by atoms with Gasteiger partial charge in [0, 0.05) is 28.2 Å². The van der Waals surface area contributed by atoms with E-state index in [1.807, 2.05) is 18.2 Å². The van der Waals surface area contributed by atoms with E-state index in [1.54, 1.807) is 0 Å². The summed E-state index contributed by atoms with van der Waals surface area (Å²) in [6, 6.07) is 6.79. The second kappa shape index (κ2) is 4.11. The number of H-pyrrole nitrogens is 1. The van der Waals surface area contributed by atoms with Crippen molar-refractivity contribution >= 4 is 22.5 Å². The van der Waals surface area contributed by atoms with Gasteiger partial charge < -0.3 is 10.3 Å². The van der Waals surface area contributed by atoms with E-state index in [0.29, 0.717) is 0 Å². The molecule has 3 rings (SSSR count). The van der Waals surface area contributed by atoms with Gasteiger partial charge in [-0.3, -0.25) is 0 Å². The second-order valence-corrected chi connectivity index (χ2v) is 4.92. The lowest BCUT2D eigenvalue weighted by Gasteiger charge is -2.01. The Morgan fingerprint density at radius 2 is 2.25 bits per heavy atom. The second-order valence-electron chi connectivity index (χ2n) is 4.48. The van der Waals surface area contributed by atoms with Crippen molar-refractivity contribution < 1.29 is 0 Å². The van der Waals surface area contributed by atoms with Gasteiger partial charge in [0.15, 0.2) is 0 Å². The largest absolute Gasteiger partial charge is 0.361 e. The fourth-order valence-electron chi connectivity index (χ4n) is 2.06. The van der Waals surface area contributed by atoms with Gasteiger partial charge in [-0.15, -0.1) is 0 Å². The summed E-state index contributed by atoms with van der Waals surface area (Å²) in [5, 5.41) is 5.59. The van der Waals surface area contributed by atoms with Crippen molar-refractivity contribution in [2.45, 2.75) is 25.3 Å². The minimum atomic E-state index is 0.786. The molecule has 0 unspecified atom stereocenters. The first-order valence-electron chi connectivity index (χ1n) is 5.82. The highest BCUT2D eigenvalue weighted by Crippen LogP contribution is 2.23. The van der Waals surface area contributed by atoms with E-state index in [0.717, 1.165) is 24.0 Å². The number of aromatic amines is 1. The summed E-state index contributed by atoms with van der Waals surface area (Å²) in [6.07, 6.45) is 5.85. The van der Waals surface area contributed by atoms with Gasteiger partial charge in [0.1, 0.15) is 0 Å². The lowest BCUT2D eigenvalue weighted by atomic mass is 10.1. The van der Waals surface area contributed by atoms with Gasteiger partial charge >= 0.3 is 0 Å². The first kappa shape index (κ1) is 10.2. The van der Waals surface area contributed by atoms with Crippen LogP contribution in [0.5, 0.6) is 0 Å². The highest BCUT2D eigenvalue weighted by atomic mass is 35.5. The molecule has 1 heterocycles. The zero-order valence-electron chi connectivity index (χ0n) is 9.09. The summed E-state index contributed by atoms with van der Waals surface area (Å²) in [5.74, 6) is 0. The zero-order chi connectivity index (χ0) is 11.0. The Morgan fingerprint density at radius 3 is 3.06 bits per heavy atom. The third-order valence-electron chi connectivity index (χ3n) is 3.13. The molecule has 2 aromatic rings. The maximum atomic E-state index is 6.01. The molecule has 3 heteroatoms. The molecule has 0 spiro atoms. The van der Waals surface area contributed by atoms with Crippen molar-refractivity contribution in [1.29, 1.82) is 0 Å². The predicted octanol–water partition coefficient (Wildman–Crippen LogP) is 3.12. The summed E-state index contributed by atoms with van der Waals surface area (Å²) >= 11 is 6.01. The highest BCUT2D eigenvalue weighted by Gasteiger charge is 2.19. The first-order chi connectivity index (χ1) is 7.83. The third kappa shape index (κ3) is 2.08. The van der Waals surface area contributed by atoms with Crippen LogP contribution in [0.1, 0.15) is 18.4 Å². The van der Waals surface area contributed by atoms with Gasteiger partial charge in [-0.05, 0) is 49.6 Å². The Hall–Kier alpha value is -0.990. The van der Waals surface area contributed by atoms with Crippen LogP contribution in [0.3, 0.4) is 0 Å². The average Bonchev–Trinajstić information content (AvgIpc) is 3.01. The van der Waals surface area contributed by atoms with E-state index in [9.17, 15) is 0 Å². The van der Waals surface area contributed by atoms with Crippen molar-refractivity contribution in [3.63, 3.8) is 0 Å². The maximum absolute atomic E-state index is 6.01. The van der Waals surface area contributed by atoms with Crippen molar-refractivity contribution in [1.82, 2.24) is 10.3 Å². The van der Waals surface area contributed by atoms with E-state index < -0.39 is 0 Å². The molecule has 2 N–H and O–H groups in total. The summed E-state index contributed by atoms with van der Waals surface area (Å²) in [5.41, 5.74) is 2.52. The maximum Gasteiger partial charge on any atom is 0.0457 e. The molecule has 84 valence electrons. The molecule has 0 amide bonds. The molecule has 1 aliphatic carbocycles. The molecule has 16 heavy (non-hydrogen) atoms. The molecule has 0 saturated heterocycles. The average molecular weight is 235 g/mol. The van der Waals surface area contributed by atoms with Gasteiger partial charge in [-0.25, -0.2) is 0 Å². The Morgan fingerprint density at radius 1 is 1.38 bits per heavy atom. The number of benzene rings is 1. The lowest BCUT2D eigenvalue weighted by molar-refractivity contribution is 0.683. The third-order valence-corrected chi connectivity index (χ3v) is 3.37. The van der Waals surface area contributed by atoms with Crippen LogP contribution >= 0.6 is 11.6 Å². The summed E-state index contributed by atoms with van der Waals surface area (Å²) < 4.78 is 0. The van der Waals surface area contributed by atoms with Gasteiger partial charge in [0.2, 0.25) is 0 Å². The van der Waals surface area contributed by atoms with E-state index in [4.69, 9.17) is 11.6 Å². The zero-order valence-corrected chi connectivity index (χ0v) is 9.85. The summed E-state index contributed by atoms with van der Waals surface area (Å²) in [6.45, 7) is 1.06. The van der Waals surface area contributed by atoms with Crippen molar-refractivity contribution in [3.05, 3.63) is 35.0 Å². The number of fused-ring (bicyclic) bond motifs is 1. The summed E-state index contributed by atoms with van der Waals surface area (Å²) in [4.78, 5) is 3.28. The van der Waals surface area contributed by atoms with Crippen molar-refractivity contribution in [3.8, 4) is 0 Å². The van der Waals surface area contributed by atoms with Crippen LogP contribution in [0.4, 0.5) is 0 Å². The van der Waals surface area contributed by atoms with E-state index in [2.05, 4.69) is 16.5 Å². The molecule has 1 aromatic carbocycles. The van der Waals surface area contributed by atoms with Crippen LogP contribution in [0.2, 0.25) is 5.02 Å². The fraction of sp³-hybridized carbons (Fsp3) is 0.385. The van der Waals surface area contributed by atoms with Gasteiger partial charge in [-0.1, -0.05) is 11.6 Å². The number of nitrogens with one attached hydrogen (secondary N) is 2.